The molecule has 1 amide bonds. The summed E-state index contributed by atoms with van der Waals surface area (Å²) < 4.78 is 5.72. The number of thiocarbonyl (C=S) groups is 1. The molecule has 2 heterocycles. The van der Waals surface area contributed by atoms with Crippen LogP contribution in [0.25, 0.3) is 17.4 Å². The summed E-state index contributed by atoms with van der Waals surface area (Å²) in [5.41, 5.74) is 0.703. The van der Waals surface area contributed by atoms with Crippen molar-refractivity contribution in [2.45, 2.75) is 19.3 Å². The van der Waals surface area contributed by atoms with E-state index >= 15 is 0 Å². The molecule has 0 saturated carbocycles. The lowest BCUT2D eigenvalue weighted by molar-refractivity contribution is -0.115. The van der Waals surface area contributed by atoms with Crippen LogP contribution in [0.2, 0.25) is 10.0 Å². The van der Waals surface area contributed by atoms with Gasteiger partial charge in [-0.2, -0.15) is 0 Å². The van der Waals surface area contributed by atoms with Gasteiger partial charge in [0, 0.05) is 24.7 Å². The molecule has 1 aliphatic heterocycles. The predicted octanol–water partition coefficient (Wildman–Crippen LogP) is 5.15. The van der Waals surface area contributed by atoms with Crippen molar-refractivity contribution in [3.05, 3.63) is 52.2 Å². The molecular weight excluding hydrogens is 391 g/mol. The minimum Gasteiger partial charge on any atom is -0.457 e. The van der Waals surface area contributed by atoms with E-state index < -0.39 is 0 Å². The van der Waals surface area contributed by atoms with E-state index in [2.05, 4.69) is 5.32 Å². The number of halogens is 2. The highest BCUT2D eigenvalue weighted by atomic mass is 35.5. The zero-order chi connectivity index (χ0) is 18.5. The number of rotatable bonds is 3. The van der Waals surface area contributed by atoms with Gasteiger partial charge in [0.2, 0.25) is 5.91 Å². The summed E-state index contributed by atoms with van der Waals surface area (Å²) in [6.07, 6.45) is 6.42. The fourth-order valence-electron chi connectivity index (χ4n) is 2.76. The first-order valence-electron chi connectivity index (χ1n) is 8.37. The van der Waals surface area contributed by atoms with Crippen LogP contribution in [0.15, 0.2) is 40.8 Å². The second kappa shape index (κ2) is 8.71. The Bertz CT molecular complexity index is 842. The van der Waals surface area contributed by atoms with Crippen LogP contribution in [0.1, 0.15) is 25.0 Å². The van der Waals surface area contributed by atoms with Crippen LogP contribution in [0, 0.1) is 0 Å². The topological polar surface area (TPSA) is 45.5 Å². The van der Waals surface area contributed by atoms with Gasteiger partial charge in [-0.1, -0.05) is 29.3 Å². The van der Waals surface area contributed by atoms with Gasteiger partial charge < -0.3 is 9.32 Å². The van der Waals surface area contributed by atoms with Crippen molar-refractivity contribution in [1.82, 2.24) is 10.2 Å². The van der Waals surface area contributed by atoms with Gasteiger partial charge >= 0.3 is 0 Å². The highest BCUT2D eigenvalue weighted by Gasteiger charge is 2.14. The van der Waals surface area contributed by atoms with Crippen molar-refractivity contribution >= 4 is 52.5 Å². The predicted molar refractivity (Wildman–Crippen MR) is 109 cm³/mol. The van der Waals surface area contributed by atoms with E-state index in [1.807, 2.05) is 11.0 Å². The fraction of sp³-hybridized carbons (Fsp3) is 0.263. The van der Waals surface area contributed by atoms with E-state index in [0.717, 1.165) is 25.9 Å². The molecule has 1 saturated heterocycles. The SMILES string of the molecule is O=C(C=Cc1ccc(-c2cccc(Cl)c2Cl)o1)NC(=S)N1CCCCC1. The third-order valence-electron chi connectivity index (χ3n) is 4.12. The molecule has 136 valence electrons. The number of hydrogen-bond donors (Lipinski definition) is 1. The summed E-state index contributed by atoms with van der Waals surface area (Å²) in [5, 5.41) is 4.10. The molecule has 4 nitrogen and oxygen atoms in total. The zero-order valence-corrected chi connectivity index (χ0v) is 16.3. The first-order valence-corrected chi connectivity index (χ1v) is 9.53. The molecule has 0 radical (unpaired) electrons. The smallest absolute Gasteiger partial charge is 0.250 e. The molecule has 0 atom stereocenters. The number of hydrogen-bond acceptors (Lipinski definition) is 3. The lowest BCUT2D eigenvalue weighted by Gasteiger charge is -2.28. The maximum absolute atomic E-state index is 12.1. The highest BCUT2D eigenvalue weighted by Crippen LogP contribution is 2.34. The Morgan fingerprint density at radius 2 is 1.92 bits per heavy atom. The van der Waals surface area contributed by atoms with Gasteiger partial charge in [-0.05, 0) is 61.8 Å². The minimum atomic E-state index is -0.278. The van der Waals surface area contributed by atoms with E-state index in [1.54, 1.807) is 30.3 Å². The monoisotopic (exact) mass is 408 g/mol. The molecule has 1 aromatic carbocycles. The molecule has 1 fully saturated rings. The number of piperidine rings is 1. The van der Waals surface area contributed by atoms with E-state index in [9.17, 15) is 4.79 Å². The van der Waals surface area contributed by atoms with Crippen molar-refractivity contribution < 1.29 is 9.21 Å². The van der Waals surface area contributed by atoms with E-state index in [4.69, 9.17) is 39.8 Å². The molecule has 2 aromatic rings. The van der Waals surface area contributed by atoms with Crippen LogP contribution in [-0.4, -0.2) is 29.0 Å². The van der Waals surface area contributed by atoms with Gasteiger partial charge in [0.05, 0.1) is 10.0 Å². The lowest BCUT2D eigenvalue weighted by atomic mass is 10.1. The van der Waals surface area contributed by atoms with Crippen LogP contribution < -0.4 is 5.32 Å². The molecule has 1 N–H and O–H groups in total. The molecule has 3 rings (SSSR count). The molecule has 0 bridgehead atoms. The van der Waals surface area contributed by atoms with Crippen molar-refractivity contribution in [3.63, 3.8) is 0 Å². The van der Waals surface area contributed by atoms with Gasteiger partial charge in [0.25, 0.3) is 0 Å². The summed E-state index contributed by atoms with van der Waals surface area (Å²) in [6, 6.07) is 8.89. The molecule has 0 aliphatic carbocycles. The Labute approximate surface area is 167 Å². The quantitative estimate of drug-likeness (QED) is 0.562. The Kier molecular flexibility index (Phi) is 6.35. The third kappa shape index (κ3) is 4.67. The number of carbonyl (C=O) groups excluding carboxylic acids is 1. The number of nitrogens with one attached hydrogen (secondary N) is 1. The summed E-state index contributed by atoms with van der Waals surface area (Å²) in [6.45, 7) is 1.79. The Balaban J connectivity index is 1.62. The van der Waals surface area contributed by atoms with Crippen molar-refractivity contribution in [2.24, 2.45) is 0 Å². The average Bonchev–Trinajstić information content (AvgIpc) is 3.12. The van der Waals surface area contributed by atoms with Crippen LogP contribution in [0.4, 0.5) is 0 Å². The number of benzene rings is 1. The molecule has 0 spiro atoms. The molecule has 7 heteroatoms. The average molecular weight is 409 g/mol. The van der Waals surface area contributed by atoms with Gasteiger partial charge in [-0.3, -0.25) is 10.1 Å². The minimum absolute atomic E-state index is 0.278. The Morgan fingerprint density at radius 1 is 1.15 bits per heavy atom. The third-order valence-corrected chi connectivity index (χ3v) is 5.30. The lowest BCUT2D eigenvalue weighted by Crippen LogP contribution is -2.44. The number of furan rings is 1. The number of likely N-dealkylation sites (tertiary alicyclic amines) is 1. The van der Waals surface area contributed by atoms with Crippen LogP contribution in [0.5, 0.6) is 0 Å². The van der Waals surface area contributed by atoms with Gasteiger partial charge in [-0.15, -0.1) is 0 Å². The normalized spacial score (nSPS) is 14.6. The Morgan fingerprint density at radius 3 is 2.69 bits per heavy atom. The van der Waals surface area contributed by atoms with Crippen molar-refractivity contribution in [3.8, 4) is 11.3 Å². The van der Waals surface area contributed by atoms with Gasteiger partial charge in [0.15, 0.2) is 5.11 Å². The summed E-state index contributed by atoms with van der Waals surface area (Å²) in [7, 11) is 0. The standard InChI is InChI=1S/C19H18Cl2N2O2S/c20-15-6-4-5-14(18(15)21)16-9-7-13(25-16)8-10-17(24)22-19(26)23-11-2-1-3-12-23/h4-10H,1-3,11-12H2,(H,22,24,26). The molecule has 1 aliphatic rings. The highest BCUT2D eigenvalue weighted by molar-refractivity contribution is 7.80. The Hall–Kier alpha value is -1.82. The number of carbonyl (C=O) groups is 1. The van der Waals surface area contributed by atoms with Gasteiger partial charge in [-0.25, -0.2) is 0 Å². The summed E-state index contributed by atoms with van der Waals surface area (Å²) in [4.78, 5) is 14.1. The first kappa shape index (κ1) is 19.0. The fourth-order valence-corrected chi connectivity index (χ4v) is 3.44. The van der Waals surface area contributed by atoms with Crippen LogP contribution in [0.3, 0.4) is 0 Å². The molecule has 26 heavy (non-hydrogen) atoms. The van der Waals surface area contributed by atoms with E-state index in [-0.39, 0.29) is 5.91 Å². The van der Waals surface area contributed by atoms with E-state index in [0.29, 0.717) is 32.2 Å². The van der Waals surface area contributed by atoms with E-state index in [1.165, 1.54) is 12.5 Å². The van der Waals surface area contributed by atoms with Crippen LogP contribution in [-0.2, 0) is 4.79 Å². The summed E-state index contributed by atoms with van der Waals surface area (Å²) >= 11 is 17.5. The maximum Gasteiger partial charge on any atom is 0.250 e. The second-order valence-corrected chi connectivity index (χ2v) is 7.15. The largest absolute Gasteiger partial charge is 0.457 e. The second-order valence-electron chi connectivity index (χ2n) is 5.98. The maximum atomic E-state index is 12.1. The molecular formula is C19H18Cl2N2O2S. The zero-order valence-electron chi connectivity index (χ0n) is 14.0. The van der Waals surface area contributed by atoms with Gasteiger partial charge in [0.1, 0.15) is 11.5 Å². The first-order chi connectivity index (χ1) is 12.5. The van der Waals surface area contributed by atoms with Crippen molar-refractivity contribution in [2.75, 3.05) is 13.1 Å². The van der Waals surface area contributed by atoms with Crippen LogP contribution >= 0.6 is 35.4 Å². The molecule has 1 aromatic heterocycles. The van der Waals surface area contributed by atoms with Crippen molar-refractivity contribution in [1.29, 1.82) is 0 Å². The summed E-state index contributed by atoms with van der Waals surface area (Å²) in [5.74, 6) is 0.843. The number of amides is 1. The number of nitrogens with zero attached hydrogens (tertiary/aromatic N) is 1. The molecule has 0 unspecified atom stereocenters.